The standard InChI is InChI=1S/C24H15Cl2NO4/c1-30-17-4-2-3-16(12-17)27-21(13-5-7-14(25)8-6-13)20-22(28)18-11-15(26)9-10-19(18)31-23(20)24(27)29/h2-12,21H,1H3. The van der Waals surface area contributed by atoms with Gasteiger partial charge in [-0.15, -0.1) is 0 Å². The van der Waals surface area contributed by atoms with Gasteiger partial charge in [0.1, 0.15) is 11.3 Å². The van der Waals surface area contributed by atoms with Crippen molar-refractivity contribution in [2.24, 2.45) is 0 Å². The summed E-state index contributed by atoms with van der Waals surface area (Å²) in [5.74, 6) is 0.201. The molecule has 7 heteroatoms. The highest BCUT2D eigenvalue weighted by atomic mass is 35.5. The second kappa shape index (κ2) is 7.45. The third kappa shape index (κ3) is 3.17. The van der Waals surface area contributed by atoms with Crippen LogP contribution in [0.2, 0.25) is 10.0 Å². The Bertz CT molecular complexity index is 1400. The Labute approximate surface area is 187 Å². The molecule has 0 spiro atoms. The minimum absolute atomic E-state index is 0.0163. The number of benzene rings is 3. The number of fused-ring (bicyclic) bond motifs is 2. The number of carbonyl (C=O) groups excluding carboxylic acids is 1. The van der Waals surface area contributed by atoms with Gasteiger partial charge in [-0.1, -0.05) is 41.4 Å². The molecule has 4 aromatic rings. The lowest BCUT2D eigenvalue weighted by Crippen LogP contribution is -2.29. The van der Waals surface area contributed by atoms with Gasteiger partial charge in [0.2, 0.25) is 5.76 Å². The average molecular weight is 452 g/mol. The summed E-state index contributed by atoms with van der Waals surface area (Å²) >= 11 is 12.2. The van der Waals surface area contributed by atoms with Crippen LogP contribution in [0.15, 0.2) is 75.9 Å². The van der Waals surface area contributed by atoms with Crippen LogP contribution < -0.4 is 15.1 Å². The van der Waals surface area contributed by atoms with Gasteiger partial charge in [0, 0.05) is 21.8 Å². The van der Waals surface area contributed by atoms with Gasteiger partial charge in [-0.25, -0.2) is 0 Å². The van der Waals surface area contributed by atoms with Crippen LogP contribution in [0.1, 0.15) is 27.7 Å². The van der Waals surface area contributed by atoms with Crippen LogP contribution in [0.25, 0.3) is 11.0 Å². The molecule has 1 unspecified atom stereocenters. The molecule has 1 aliphatic rings. The number of halogens is 2. The van der Waals surface area contributed by atoms with Crippen molar-refractivity contribution >= 4 is 45.8 Å². The molecule has 0 saturated heterocycles. The molecular weight excluding hydrogens is 437 g/mol. The zero-order valence-corrected chi connectivity index (χ0v) is 17.8. The molecule has 1 amide bonds. The first-order valence-corrected chi connectivity index (χ1v) is 10.2. The van der Waals surface area contributed by atoms with Gasteiger partial charge in [-0.2, -0.15) is 0 Å². The Morgan fingerprint density at radius 3 is 2.42 bits per heavy atom. The number of ether oxygens (including phenoxy) is 1. The van der Waals surface area contributed by atoms with Gasteiger partial charge in [0.05, 0.1) is 24.1 Å². The zero-order valence-electron chi connectivity index (χ0n) is 16.3. The minimum Gasteiger partial charge on any atom is -0.497 e. The zero-order chi connectivity index (χ0) is 21.7. The summed E-state index contributed by atoms with van der Waals surface area (Å²) in [6.07, 6.45) is 0. The van der Waals surface area contributed by atoms with Gasteiger partial charge in [0.25, 0.3) is 5.91 Å². The highest BCUT2D eigenvalue weighted by molar-refractivity contribution is 6.31. The summed E-state index contributed by atoms with van der Waals surface area (Å²) in [5.41, 5.74) is 1.59. The molecule has 0 radical (unpaired) electrons. The Hall–Kier alpha value is -3.28. The van der Waals surface area contributed by atoms with Crippen molar-refractivity contribution < 1.29 is 13.9 Å². The maximum absolute atomic E-state index is 13.5. The molecule has 1 atom stereocenters. The predicted molar refractivity (Wildman–Crippen MR) is 121 cm³/mol. The maximum atomic E-state index is 13.5. The first-order valence-electron chi connectivity index (χ1n) is 9.47. The molecule has 0 bridgehead atoms. The van der Waals surface area contributed by atoms with Crippen molar-refractivity contribution in [2.75, 3.05) is 12.0 Å². The minimum atomic E-state index is -0.688. The van der Waals surface area contributed by atoms with E-state index in [-0.39, 0.29) is 16.8 Å². The van der Waals surface area contributed by atoms with E-state index in [0.717, 1.165) is 5.56 Å². The monoisotopic (exact) mass is 451 g/mol. The van der Waals surface area contributed by atoms with Gasteiger partial charge in [-0.3, -0.25) is 14.5 Å². The summed E-state index contributed by atoms with van der Waals surface area (Å²) in [4.78, 5) is 28.6. The molecule has 1 aromatic heterocycles. The Kier molecular flexibility index (Phi) is 4.73. The number of carbonyl (C=O) groups is 1. The van der Waals surface area contributed by atoms with E-state index in [4.69, 9.17) is 32.4 Å². The molecule has 31 heavy (non-hydrogen) atoms. The van der Waals surface area contributed by atoms with E-state index in [2.05, 4.69) is 0 Å². The molecule has 0 fully saturated rings. The lowest BCUT2D eigenvalue weighted by Gasteiger charge is -2.25. The number of amides is 1. The van der Waals surface area contributed by atoms with Crippen molar-refractivity contribution in [3.8, 4) is 5.75 Å². The van der Waals surface area contributed by atoms with Crippen LogP contribution in [0.4, 0.5) is 5.69 Å². The number of methoxy groups -OCH3 is 1. The van der Waals surface area contributed by atoms with Crippen molar-refractivity contribution in [1.29, 1.82) is 0 Å². The van der Waals surface area contributed by atoms with Crippen LogP contribution in [0, 0.1) is 0 Å². The number of rotatable bonds is 3. The van der Waals surface area contributed by atoms with E-state index in [1.807, 2.05) is 0 Å². The van der Waals surface area contributed by atoms with Crippen LogP contribution in [-0.4, -0.2) is 13.0 Å². The number of nitrogens with zero attached hydrogens (tertiary/aromatic N) is 1. The number of anilines is 1. The molecule has 0 N–H and O–H groups in total. The molecule has 3 aromatic carbocycles. The third-order valence-electron chi connectivity index (χ3n) is 5.35. The Balaban J connectivity index is 1.81. The molecular formula is C24H15Cl2NO4. The second-order valence-electron chi connectivity index (χ2n) is 7.15. The molecule has 2 heterocycles. The molecule has 5 rings (SSSR count). The van der Waals surface area contributed by atoms with Crippen molar-refractivity contribution in [1.82, 2.24) is 0 Å². The smallest absolute Gasteiger partial charge is 0.295 e. The normalized spacial score (nSPS) is 15.4. The summed E-state index contributed by atoms with van der Waals surface area (Å²) < 4.78 is 11.3. The first kappa shape index (κ1) is 19.7. The highest BCUT2D eigenvalue weighted by Gasteiger charge is 2.43. The molecule has 154 valence electrons. The van der Waals surface area contributed by atoms with Crippen molar-refractivity contribution in [2.45, 2.75) is 6.04 Å². The first-order chi connectivity index (χ1) is 15.0. The SMILES string of the molecule is COc1cccc(N2C(=O)c3oc4ccc(Cl)cc4c(=O)c3C2c2ccc(Cl)cc2)c1. The van der Waals surface area contributed by atoms with Crippen molar-refractivity contribution in [3.05, 3.63) is 104 Å². The number of hydrogen-bond donors (Lipinski definition) is 0. The Morgan fingerprint density at radius 1 is 0.935 bits per heavy atom. The molecule has 0 aliphatic carbocycles. The van der Waals surface area contributed by atoms with E-state index >= 15 is 0 Å². The fraction of sp³-hybridized carbons (Fsp3) is 0.0833. The third-order valence-corrected chi connectivity index (χ3v) is 5.84. The Morgan fingerprint density at radius 2 is 1.68 bits per heavy atom. The van der Waals surface area contributed by atoms with Gasteiger partial charge in [0.15, 0.2) is 5.43 Å². The molecule has 1 aliphatic heterocycles. The largest absolute Gasteiger partial charge is 0.497 e. The van der Waals surface area contributed by atoms with Gasteiger partial charge >= 0.3 is 0 Å². The summed E-state index contributed by atoms with van der Waals surface area (Å²) in [6, 6.07) is 18.2. The van der Waals surface area contributed by atoms with E-state index in [1.165, 1.54) is 0 Å². The lowest BCUT2D eigenvalue weighted by atomic mass is 9.98. The molecule has 5 nitrogen and oxygen atoms in total. The van der Waals surface area contributed by atoms with Crippen LogP contribution in [-0.2, 0) is 0 Å². The fourth-order valence-corrected chi connectivity index (χ4v) is 4.23. The van der Waals surface area contributed by atoms with Crippen LogP contribution in [0.5, 0.6) is 5.75 Å². The predicted octanol–water partition coefficient (Wildman–Crippen LogP) is 5.86. The van der Waals surface area contributed by atoms with Crippen LogP contribution in [0.3, 0.4) is 0 Å². The van der Waals surface area contributed by atoms with E-state index in [9.17, 15) is 9.59 Å². The average Bonchev–Trinajstić information content (AvgIpc) is 3.07. The van der Waals surface area contributed by atoms with E-state index in [0.29, 0.717) is 32.5 Å². The highest BCUT2D eigenvalue weighted by Crippen LogP contribution is 2.42. The van der Waals surface area contributed by atoms with Crippen molar-refractivity contribution in [3.63, 3.8) is 0 Å². The number of hydrogen-bond acceptors (Lipinski definition) is 4. The summed E-state index contributed by atoms with van der Waals surface area (Å²) in [5, 5.41) is 1.29. The van der Waals surface area contributed by atoms with Crippen LogP contribution >= 0.6 is 23.2 Å². The second-order valence-corrected chi connectivity index (χ2v) is 8.02. The topological polar surface area (TPSA) is 59.8 Å². The molecule has 0 saturated carbocycles. The fourth-order valence-electron chi connectivity index (χ4n) is 3.93. The lowest BCUT2D eigenvalue weighted by molar-refractivity contribution is 0.0971. The van der Waals surface area contributed by atoms with Gasteiger partial charge < -0.3 is 9.15 Å². The summed E-state index contributed by atoms with van der Waals surface area (Å²) in [6.45, 7) is 0. The van der Waals surface area contributed by atoms with Gasteiger partial charge in [-0.05, 0) is 48.0 Å². The summed E-state index contributed by atoms with van der Waals surface area (Å²) in [7, 11) is 1.55. The van der Waals surface area contributed by atoms with E-state index < -0.39 is 11.9 Å². The quantitative estimate of drug-likeness (QED) is 0.391. The maximum Gasteiger partial charge on any atom is 0.295 e. The van der Waals surface area contributed by atoms with E-state index in [1.54, 1.807) is 78.7 Å².